The Morgan fingerprint density at radius 2 is 1.94 bits per heavy atom. The van der Waals surface area contributed by atoms with Crippen molar-refractivity contribution < 1.29 is 9.72 Å². The molecule has 0 unspecified atom stereocenters. The Bertz CT molecular complexity index is 1310. The lowest BCUT2D eigenvalue weighted by Crippen LogP contribution is -2.20. The number of nitro groups is 1. The third-order valence-electron chi connectivity index (χ3n) is 5.42. The lowest BCUT2D eigenvalue weighted by Gasteiger charge is -2.17. The van der Waals surface area contributed by atoms with E-state index in [-0.39, 0.29) is 11.3 Å². The van der Waals surface area contributed by atoms with Gasteiger partial charge in [-0.25, -0.2) is 4.98 Å². The van der Waals surface area contributed by atoms with Gasteiger partial charge in [0.2, 0.25) is 5.13 Å². The molecule has 162 valence electrons. The third kappa shape index (κ3) is 3.69. The molecule has 0 aliphatic carbocycles. The van der Waals surface area contributed by atoms with Crippen LogP contribution in [0.5, 0.6) is 0 Å². The number of nitrogens with one attached hydrogen (secondary N) is 1. The van der Waals surface area contributed by atoms with Gasteiger partial charge in [-0.3, -0.25) is 14.9 Å². The largest absolute Gasteiger partial charge is 0.366 e. The first kappa shape index (κ1) is 20.1. The van der Waals surface area contributed by atoms with Crippen LogP contribution >= 0.6 is 11.3 Å². The molecule has 1 aliphatic rings. The lowest BCUT2D eigenvalue weighted by molar-refractivity contribution is -0.384. The van der Waals surface area contributed by atoms with Crippen molar-refractivity contribution in [3.63, 3.8) is 0 Å². The van der Waals surface area contributed by atoms with Crippen LogP contribution in [-0.4, -0.2) is 38.7 Å². The SMILES string of the molecule is Cc1cc(NC(=O)c2ccc(N3CCCC3)c([N+](=O)[O-])c2)n(-c2nc3ccccc3s2)n1. The van der Waals surface area contributed by atoms with Gasteiger partial charge in [-0.05, 0) is 44.0 Å². The molecule has 1 N–H and O–H groups in total. The lowest BCUT2D eigenvalue weighted by atomic mass is 10.1. The molecular formula is C22H20N6O3S. The summed E-state index contributed by atoms with van der Waals surface area (Å²) in [7, 11) is 0. The number of aromatic nitrogens is 3. The van der Waals surface area contributed by atoms with E-state index in [2.05, 4.69) is 15.4 Å². The average molecular weight is 449 g/mol. The molecule has 1 aliphatic heterocycles. The van der Waals surface area contributed by atoms with E-state index >= 15 is 0 Å². The average Bonchev–Trinajstić information content (AvgIpc) is 3.52. The summed E-state index contributed by atoms with van der Waals surface area (Å²) in [5.74, 6) is 0.0150. The fourth-order valence-electron chi connectivity index (χ4n) is 3.91. The molecule has 2 aromatic heterocycles. The van der Waals surface area contributed by atoms with Crippen LogP contribution in [0.4, 0.5) is 17.2 Å². The van der Waals surface area contributed by atoms with Crippen molar-refractivity contribution in [3.8, 4) is 5.13 Å². The van der Waals surface area contributed by atoms with Gasteiger partial charge in [0, 0.05) is 30.8 Å². The Morgan fingerprint density at radius 3 is 2.69 bits per heavy atom. The molecule has 32 heavy (non-hydrogen) atoms. The molecule has 1 saturated heterocycles. The zero-order valence-corrected chi connectivity index (χ0v) is 18.1. The molecule has 3 heterocycles. The van der Waals surface area contributed by atoms with Crippen molar-refractivity contribution in [3.05, 3.63) is 69.9 Å². The van der Waals surface area contributed by atoms with Crippen LogP contribution < -0.4 is 10.2 Å². The number of aryl methyl sites for hydroxylation is 1. The van der Waals surface area contributed by atoms with Crippen molar-refractivity contribution in [2.75, 3.05) is 23.3 Å². The summed E-state index contributed by atoms with van der Waals surface area (Å²) < 4.78 is 2.60. The van der Waals surface area contributed by atoms with E-state index in [1.54, 1.807) is 22.9 Å². The molecule has 10 heteroatoms. The highest BCUT2D eigenvalue weighted by Crippen LogP contribution is 2.32. The van der Waals surface area contributed by atoms with Crippen LogP contribution in [0.25, 0.3) is 15.3 Å². The topological polar surface area (TPSA) is 106 Å². The first-order chi connectivity index (χ1) is 15.5. The number of rotatable bonds is 5. The second kappa shape index (κ2) is 8.04. The highest BCUT2D eigenvalue weighted by molar-refractivity contribution is 7.20. The number of nitrogens with zero attached hydrogens (tertiary/aromatic N) is 5. The molecule has 2 aromatic carbocycles. The van der Waals surface area contributed by atoms with Gasteiger partial charge < -0.3 is 10.2 Å². The highest BCUT2D eigenvalue weighted by atomic mass is 32.1. The molecule has 1 fully saturated rings. The summed E-state index contributed by atoms with van der Waals surface area (Å²) in [5.41, 5.74) is 2.28. The second-order valence-electron chi connectivity index (χ2n) is 7.66. The predicted octanol–water partition coefficient (Wildman–Crippen LogP) is 4.55. The van der Waals surface area contributed by atoms with Crippen molar-refractivity contribution >= 4 is 44.7 Å². The van der Waals surface area contributed by atoms with Gasteiger partial charge in [-0.2, -0.15) is 9.78 Å². The van der Waals surface area contributed by atoms with Crippen molar-refractivity contribution in [1.29, 1.82) is 0 Å². The summed E-state index contributed by atoms with van der Waals surface area (Å²) in [6.07, 6.45) is 2.02. The monoisotopic (exact) mass is 448 g/mol. The number of para-hydroxylation sites is 1. The first-order valence-corrected chi connectivity index (χ1v) is 11.1. The summed E-state index contributed by atoms with van der Waals surface area (Å²) >= 11 is 1.47. The highest BCUT2D eigenvalue weighted by Gasteiger charge is 2.24. The van der Waals surface area contributed by atoms with Crippen LogP contribution in [-0.2, 0) is 0 Å². The molecule has 0 saturated carbocycles. The number of benzene rings is 2. The molecular weight excluding hydrogens is 428 g/mol. The number of fused-ring (bicyclic) bond motifs is 1. The van der Waals surface area contributed by atoms with Crippen molar-refractivity contribution in [2.45, 2.75) is 19.8 Å². The Hall–Kier alpha value is -3.79. The van der Waals surface area contributed by atoms with Gasteiger partial charge in [0.05, 0.1) is 20.8 Å². The quantitative estimate of drug-likeness (QED) is 0.355. The summed E-state index contributed by atoms with van der Waals surface area (Å²) in [6, 6.07) is 14.1. The van der Waals surface area contributed by atoms with E-state index in [1.807, 2.05) is 36.1 Å². The van der Waals surface area contributed by atoms with E-state index in [0.717, 1.165) is 41.8 Å². The smallest absolute Gasteiger partial charge is 0.293 e. The van der Waals surface area contributed by atoms with E-state index < -0.39 is 10.8 Å². The zero-order valence-electron chi connectivity index (χ0n) is 17.3. The molecule has 5 rings (SSSR count). The van der Waals surface area contributed by atoms with Gasteiger partial charge in [-0.1, -0.05) is 23.5 Å². The number of amides is 1. The number of anilines is 2. The van der Waals surface area contributed by atoms with Gasteiger partial charge in [-0.15, -0.1) is 0 Å². The Morgan fingerprint density at radius 1 is 1.16 bits per heavy atom. The van der Waals surface area contributed by atoms with Gasteiger partial charge in [0.25, 0.3) is 11.6 Å². The van der Waals surface area contributed by atoms with Crippen molar-refractivity contribution in [1.82, 2.24) is 14.8 Å². The summed E-state index contributed by atoms with van der Waals surface area (Å²) in [6.45, 7) is 3.40. The van der Waals surface area contributed by atoms with Crippen LogP contribution in [0.3, 0.4) is 0 Å². The molecule has 0 radical (unpaired) electrons. The Kier molecular flexibility index (Phi) is 5.06. The van der Waals surface area contributed by atoms with E-state index in [1.165, 1.54) is 17.4 Å². The molecule has 0 bridgehead atoms. The number of nitro benzene ring substituents is 1. The van der Waals surface area contributed by atoms with E-state index in [0.29, 0.717) is 16.6 Å². The second-order valence-corrected chi connectivity index (χ2v) is 8.66. The number of hydrogen-bond acceptors (Lipinski definition) is 7. The van der Waals surface area contributed by atoms with E-state index in [4.69, 9.17) is 0 Å². The van der Waals surface area contributed by atoms with Crippen LogP contribution in [0.15, 0.2) is 48.5 Å². The van der Waals surface area contributed by atoms with Gasteiger partial charge in [0.15, 0.2) is 0 Å². The molecule has 4 aromatic rings. The number of carbonyl (C=O) groups is 1. The van der Waals surface area contributed by atoms with Crippen LogP contribution in [0, 0.1) is 17.0 Å². The summed E-state index contributed by atoms with van der Waals surface area (Å²) in [4.78, 5) is 30.8. The van der Waals surface area contributed by atoms with Crippen LogP contribution in [0.2, 0.25) is 0 Å². The standard InChI is InChI=1S/C22H20N6O3S/c1-14-12-20(27(25-14)22-23-16-6-2-3-7-19(16)32-22)24-21(29)15-8-9-17(18(13-15)28(30)31)26-10-4-5-11-26/h2-3,6-9,12-13H,4-5,10-11H2,1H3,(H,24,29). The number of hydrogen-bond donors (Lipinski definition) is 1. The number of carbonyl (C=O) groups excluding carboxylic acids is 1. The molecule has 0 atom stereocenters. The minimum atomic E-state index is -0.441. The minimum absolute atomic E-state index is 0.0598. The Balaban J connectivity index is 1.45. The summed E-state index contributed by atoms with van der Waals surface area (Å²) in [5, 5.41) is 19.6. The minimum Gasteiger partial charge on any atom is -0.366 e. The first-order valence-electron chi connectivity index (χ1n) is 10.3. The maximum absolute atomic E-state index is 13.0. The molecule has 1 amide bonds. The van der Waals surface area contributed by atoms with Gasteiger partial charge >= 0.3 is 0 Å². The van der Waals surface area contributed by atoms with Crippen LogP contribution in [0.1, 0.15) is 28.9 Å². The maximum Gasteiger partial charge on any atom is 0.293 e. The van der Waals surface area contributed by atoms with E-state index in [9.17, 15) is 14.9 Å². The third-order valence-corrected chi connectivity index (χ3v) is 6.43. The van der Waals surface area contributed by atoms with Crippen molar-refractivity contribution in [2.24, 2.45) is 0 Å². The number of thiazole rings is 1. The predicted molar refractivity (Wildman–Crippen MR) is 124 cm³/mol. The fraction of sp³-hybridized carbons (Fsp3) is 0.227. The molecule has 9 nitrogen and oxygen atoms in total. The molecule has 0 spiro atoms. The maximum atomic E-state index is 13.0. The zero-order chi connectivity index (χ0) is 22.2. The fourth-order valence-corrected chi connectivity index (χ4v) is 4.84. The Labute approximate surface area is 187 Å². The normalized spacial score (nSPS) is 13.6. The van der Waals surface area contributed by atoms with Gasteiger partial charge in [0.1, 0.15) is 11.5 Å².